The smallest absolute Gasteiger partial charge is 0.209 e. The molecule has 0 radical (unpaired) electrons. The second-order valence-electron chi connectivity index (χ2n) is 3.28. The van der Waals surface area contributed by atoms with Gasteiger partial charge in [-0.3, -0.25) is 0 Å². The normalized spacial score (nSPS) is 11.9. The molecule has 1 aromatic rings. The van der Waals surface area contributed by atoms with Crippen LogP contribution in [0.1, 0.15) is 17.1 Å². The molecule has 0 aromatic carbocycles. The van der Waals surface area contributed by atoms with E-state index in [2.05, 4.69) is 10.3 Å². The van der Waals surface area contributed by atoms with E-state index in [9.17, 15) is 8.42 Å². The van der Waals surface area contributed by atoms with Crippen LogP contribution < -0.4 is 10.5 Å². The van der Waals surface area contributed by atoms with Gasteiger partial charge in [-0.1, -0.05) is 0 Å². The number of nitrogens with one attached hydrogen (secondary N) is 1. The number of thiazole rings is 1. The standard InChI is InChI=1S/C8H15N3O2S2/c1-7-6-14-8(11-7)5-10-3-2-4-15(9,12)13/h6,10H,2-5H2,1H3,(H2,9,12,13). The number of aromatic nitrogens is 1. The van der Waals surface area contributed by atoms with Crippen LogP contribution in [-0.2, 0) is 16.6 Å². The molecule has 0 bridgehead atoms. The summed E-state index contributed by atoms with van der Waals surface area (Å²) in [6.07, 6.45) is 0.531. The van der Waals surface area contributed by atoms with Crippen molar-refractivity contribution in [2.75, 3.05) is 12.3 Å². The molecule has 1 heterocycles. The molecule has 1 aromatic heterocycles. The fourth-order valence-corrected chi connectivity index (χ4v) is 2.37. The number of aryl methyl sites for hydroxylation is 1. The third kappa shape index (κ3) is 5.83. The molecule has 0 amide bonds. The van der Waals surface area contributed by atoms with Crippen LogP contribution in [0.15, 0.2) is 5.38 Å². The molecule has 0 saturated carbocycles. The lowest BCUT2D eigenvalue weighted by Crippen LogP contribution is -2.21. The Balaban J connectivity index is 2.12. The molecule has 0 saturated heterocycles. The zero-order valence-electron chi connectivity index (χ0n) is 8.56. The Morgan fingerprint density at radius 2 is 2.33 bits per heavy atom. The fraction of sp³-hybridized carbons (Fsp3) is 0.625. The van der Waals surface area contributed by atoms with Gasteiger partial charge in [-0.2, -0.15) is 0 Å². The van der Waals surface area contributed by atoms with E-state index in [1.165, 1.54) is 0 Å². The van der Waals surface area contributed by atoms with Gasteiger partial charge in [0.2, 0.25) is 10.0 Å². The van der Waals surface area contributed by atoms with Crippen LogP contribution in [0.25, 0.3) is 0 Å². The minimum Gasteiger partial charge on any atom is -0.310 e. The van der Waals surface area contributed by atoms with Crippen molar-refractivity contribution >= 4 is 21.4 Å². The summed E-state index contributed by atoms with van der Waals surface area (Å²) in [6, 6.07) is 0. The molecule has 1 rings (SSSR count). The molecule has 5 nitrogen and oxygen atoms in total. The van der Waals surface area contributed by atoms with E-state index in [-0.39, 0.29) is 5.75 Å². The average Bonchev–Trinajstić information content (AvgIpc) is 2.49. The lowest BCUT2D eigenvalue weighted by molar-refractivity contribution is 0.590. The van der Waals surface area contributed by atoms with Gasteiger partial charge in [-0.05, 0) is 19.9 Å². The summed E-state index contributed by atoms with van der Waals surface area (Å²) < 4.78 is 21.2. The Morgan fingerprint density at radius 1 is 1.60 bits per heavy atom. The molecule has 86 valence electrons. The summed E-state index contributed by atoms with van der Waals surface area (Å²) in [5.74, 6) is 0.0247. The minimum atomic E-state index is -3.32. The second-order valence-corrected chi connectivity index (χ2v) is 5.96. The molecule has 0 unspecified atom stereocenters. The van der Waals surface area contributed by atoms with Gasteiger partial charge in [0, 0.05) is 17.6 Å². The van der Waals surface area contributed by atoms with Gasteiger partial charge in [-0.15, -0.1) is 11.3 Å². The first-order valence-electron chi connectivity index (χ1n) is 4.59. The van der Waals surface area contributed by atoms with Crippen LogP contribution in [0.5, 0.6) is 0 Å². The second kappa shape index (κ2) is 5.55. The lowest BCUT2D eigenvalue weighted by Gasteiger charge is -2.01. The molecule has 15 heavy (non-hydrogen) atoms. The van der Waals surface area contributed by atoms with E-state index in [1.54, 1.807) is 11.3 Å². The molecular weight excluding hydrogens is 234 g/mol. The number of sulfonamides is 1. The lowest BCUT2D eigenvalue weighted by atomic mass is 10.5. The van der Waals surface area contributed by atoms with Gasteiger partial charge in [0.05, 0.1) is 5.75 Å². The van der Waals surface area contributed by atoms with Crippen molar-refractivity contribution in [1.29, 1.82) is 0 Å². The van der Waals surface area contributed by atoms with Gasteiger partial charge < -0.3 is 5.32 Å². The number of rotatable bonds is 6. The first kappa shape index (κ1) is 12.6. The van der Waals surface area contributed by atoms with E-state index in [0.717, 1.165) is 10.7 Å². The number of hydrogen-bond donors (Lipinski definition) is 2. The van der Waals surface area contributed by atoms with Crippen molar-refractivity contribution in [3.8, 4) is 0 Å². The summed E-state index contributed by atoms with van der Waals surface area (Å²) in [5, 5.41) is 11.0. The SMILES string of the molecule is Cc1csc(CNCCCS(N)(=O)=O)n1. The van der Waals surface area contributed by atoms with Gasteiger partial charge >= 0.3 is 0 Å². The summed E-state index contributed by atoms with van der Waals surface area (Å²) >= 11 is 1.60. The Bertz CT molecular complexity index is 400. The van der Waals surface area contributed by atoms with Crippen LogP contribution in [-0.4, -0.2) is 25.7 Å². The molecule has 7 heteroatoms. The molecule has 0 aliphatic heterocycles. The summed E-state index contributed by atoms with van der Waals surface area (Å²) in [6.45, 7) is 3.26. The van der Waals surface area contributed by atoms with Crippen LogP contribution >= 0.6 is 11.3 Å². The topological polar surface area (TPSA) is 85.1 Å². The molecule has 0 fully saturated rings. The van der Waals surface area contributed by atoms with Crippen molar-refractivity contribution in [2.24, 2.45) is 5.14 Å². The maximum absolute atomic E-state index is 10.6. The average molecular weight is 249 g/mol. The third-order valence-corrected chi connectivity index (χ3v) is 3.55. The highest BCUT2D eigenvalue weighted by Gasteiger charge is 2.02. The highest BCUT2D eigenvalue weighted by molar-refractivity contribution is 7.89. The summed E-state index contributed by atoms with van der Waals surface area (Å²) in [5.41, 5.74) is 1.02. The van der Waals surface area contributed by atoms with Crippen molar-refractivity contribution in [1.82, 2.24) is 10.3 Å². The summed E-state index contributed by atoms with van der Waals surface area (Å²) in [4.78, 5) is 4.27. The van der Waals surface area contributed by atoms with Gasteiger partial charge in [0.25, 0.3) is 0 Å². The Morgan fingerprint density at radius 3 is 2.87 bits per heavy atom. The van der Waals surface area contributed by atoms with E-state index < -0.39 is 10.0 Å². The summed E-state index contributed by atoms with van der Waals surface area (Å²) in [7, 11) is -3.32. The molecule has 0 aliphatic rings. The van der Waals surface area contributed by atoms with Gasteiger partial charge in [0.1, 0.15) is 5.01 Å². The highest BCUT2D eigenvalue weighted by atomic mass is 32.2. The predicted molar refractivity (Wildman–Crippen MR) is 61.1 cm³/mol. The predicted octanol–water partition coefficient (Wildman–Crippen LogP) is 0.220. The Kier molecular flexibility index (Phi) is 4.65. The van der Waals surface area contributed by atoms with E-state index in [1.807, 2.05) is 12.3 Å². The molecular formula is C8H15N3O2S2. The van der Waals surface area contributed by atoms with E-state index in [4.69, 9.17) is 5.14 Å². The largest absolute Gasteiger partial charge is 0.310 e. The molecule has 0 atom stereocenters. The van der Waals surface area contributed by atoms with Crippen LogP contribution in [0.2, 0.25) is 0 Å². The maximum atomic E-state index is 10.6. The van der Waals surface area contributed by atoms with Crippen LogP contribution in [0.4, 0.5) is 0 Å². The quantitative estimate of drug-likeness (QED) is 0.706. The van der Waals surface area contributed by atoms with Crippen molar-refractivity contribution < 1.29 is 8.42 Å². The van der Waals surface area contributed by atoms with Crippen molar-refractivity contribution in [3.63, 3.8) is 0 Å². The number of primary sulfonamides is 1. The van der Waals surface area contributed by atoms with Gasteiger partial charge in [0.15, 0.2) is 0 Å². The maximum Gasteiger partial charge on any atom is 0.209 e. The van der Waals surface area contributed by atoms with Crippen molar-refractivity contribution in [2.45, 2.75) is 19.9 Å². The highest BCUT2D eigenvalue weighted by Crippen LogP contribution is 2.07. The number of hydrogen-bond acceptors (Lipinski definition) is 5. The van der Waals surface area contributed by atoms with Gasteiger partial charge in [-0.25, -0.2) is 18.5 Å². The first-order valence-corrected chi connectivity index (χ1v) is 7.19. The zero-order valence-corrected chi connectivity index (χ0v) is 10.2. The zero-order chi connectivity index (χ0) is 11.3. The number of nitrogens with two attached hydrogens (primary N) is 1. The molecule has 0 aliphatic carbocycles. The third-order valence-electron chi connectivity index (χ3n) is 1.73. The number of nitrogens with zero attached hydrogens (tertiary/aromatic N) is 1. The van der Waals surface area contributed by atoms with Crippen LogP contribution in [0, 0.1) is 6.92 Å². The monoisotopic (exact) mass is 249 g/mol. The molecule has 0 spiro atoms. The fourth-order valence-electron chi connectivity index (χ4n) is 1.08. The minimum absolute atomic E-state index is 0.0247. The Labute approximate surface area is 93.8 Å². The molecule has 3 N–H and O–H groups in total. The van der Waals surface area contributed by atoms with Crippen molar-refractivity contribution in [3.05, 3.63) is 16.1 Å². The van der Waals surface area contributed by atoms with E-state index >= 15 is 0 Å². The van der Waals surface area contributed by atoms with Crippen LogP contribution in [0.3, 0.4) is 0 Å². The van der Waals surface area contributed by atoms with E-state index in [0.29, 0.717) is 19.5 Å². The first-order chi connectivity index (χ1) is 6.97. The Hall–Kier alpha value is -0.500.